The number of pyridine rings is 1. The third-order valence-corrected chi connectivity index (χ3v) is 5.87. The van der Waals surface area contributed by atoms with Gasteiger partial charge < -0.3 is 14.4 Å². The first-order valence-electron chi connectivity index (χ1n) is 10.1. The van der Waals surface area contributed by atoms with Crippen LogP contribution in [0.2, 0.25) is 0 Å². The van der Waals surface area contributed by atoms with Crippen molar-refractivity contribution in [3.05, 3.63) is 29.0 Å². The van der Waals surface area contributed by atoms with Crippen molar-refractivity contribution >= 4 is 10.9 Å². The van der Waals surface area contributed by atoms with Gasteiger partial charge in [0.05, 0.1) is 19.2 Å². The van der Waals surface area contributed by atoms with E-state index >= 15 is 0 Å². The fourth-order valence-electron chi connectivity index (χ4n) is 4.50. The number of likely N-dealkylation sites (tertiary alicyclic amines) is 1. The minimum atomic E-state index is 0.724. The highest BCUT2D eigenvalue weighted by molar-refractivity contribution is 5.87. The van der Waals surface area contributed by atoms with E-state index < -0.39 is 0 Å². The first kappa shape index (κ1) is 17.6. The fraction of sp³-hybridized carbons (Fsp3) is 0.591. The molecule has 0 saturated carbocycles. The van der Waals surface area contributed by atoms with E-state index in [2.05, 4.69) is 24.0 Å². The Morgan fingerprint density at radius 2 is 1.81 bits per heavy atom. The summed E-state index contributed by atoms with van der Waals surface area (Å²) in [6, 6.07) is 4.20. The van der Waals surface area contributed by atoms with Crippen LogP contribution in [0.1, 0.15) is 48.9 Å². The maximum absolute atomic E-state index is 6.09. The van der Waals surface area contributed by atoms with E-state index in [-0.39, 0.29) is 0 Å². The average molecular weight is 354 g/mol. The van der Waals surface area contributed by atoms with Crippen molar-refractivity contribution in [1.29, 1.82) is 0 Å². The normalized spacial score (nSPS) is 17.5. The van der Waals surface area contributed by atoms with Gasteiger partial charge in [-0.25, -0.2) is 0 Å². The van der Waals surface area contributed by atoms with Crippen molar-refractivity contribution in [3.8, 4) is 11.5 Å². The van der Waals surface area contributed by atoms with Crippen molar-refractivity contribution in [3.63, 3.8) is 0 Å². The molecule has 1 aliphatic carbocycles. The third-order valence-electron chi connectivity index (χ3n) is 5.87. The lowest BCUT2D eigenvalue weighted by molar-refractivity contribution is 0.203. The topological polar surface area (TPSA) is 34.6 Å². The molecule has 26 heavy (non-hydrogen) atoms. The maximum atomic E-state index is 6.09. The summed E-state index contributed by atoms with van der Waals surface area (Å²) in [5.41, 5.74) is 5.11. The number of aryl methyl sites for hydroxylation is 2. The summed E-state index contributed by atoms with van der Waals surface area (Å²) < 4.78 is 11.7. The number of fused-ring (bicyclic) bond motifs is 3. The van der Waals surface area contributed by atoms with Crippen LogP contribution in [0.5, 0.6) is 11.5 Å². The number of rotatable bonds is 6. The molecule has 0 atom stereocenters. The van der Waals surface area contributed by atoms with E-state index in [4.69, 9.17) is 14.5 Å². The maximum Gasteiger partial charge on any atom is 0.163 e. The molecule has 0 amide bonds. The molecule has 1 aromatic heterocycles. The zero-order valence-electron chi connectivity index (χ0n) is 16.1. The molecule has 4 nitrogen and oxygen atoms in total. The predicted molar refractivity (Wildman–Crippen MR) is 105 cm³/mol. The standard InChI is InChI=1S/C22H30N2O2/c1-16-17-8-6-9-18(17)19-14-21(25-2)22(15-20(19)23-16)26-13-7-12-24-10-4-3-5-11-24/h14-15H,3-13H2,1-2H3. The van der Waals surface area contributed by atoms with Crippen molar-refractivity contribution in [2.24, 2.45) is 0 Å². The Kier molecular flexibility index (Phi) is 5.30. The highest BCUT2D eigenvalue weighted by atomic mass is 16.5. The number of ether oxygens (including phenoxy) is 2. The number of aromatic nitrogens is 1. The highest BCUT2D eigenvalue weighted by Gasteiger charge is 2.20. The highest BCUT2D eigenvalue weighted by Crippen LogP contribution is 2.37. The predicted octanol–water partition coefficient (Wildman–Crippen LogP) is 4.30. The first-order chi connectivity index (χ1) is 12.8. The first-order valence-corrected chi connectivity index (χ1v) is 10.1. The minimum Gasteiger partial charge on any atom is -0.493 e. The molecule has 140 valence electrons. The molecule has 0 radical (unpaired) electrons. The van der Waals surface area contributed by atoms with Crippen molar-refractivity contribution < 1.29 is 9.47 Å². The van der Waals surface area contributed by atoms with Gasteiger partial charge in [-0.15, -0.1) is 0 Å². The van der Waals surface area contributed by atoms with E-state index in [0.29, 0.717) is 0 Å². The van der Waals surface area contributed by atoms with E-state index in [1.165, 1.54) is 61.0 Å². The molecule has 0 spiro atoms. The van der Waals surface area contributed by atoms with Gasteiger partial charge in [-0.3, -0.25) is 4.98 Å². The lowest BCUT2D eigenvalue weighted by Crippen LogP contribution is -2.31. The van der Waals surface area contributed by atoms with Crippen LogP contribution in [0, 0.1) is 6.92 Å². The van der Waals surface area contributed by atoms with Crippen LogP contribution in [-0.4, -0.2) is 43.2 Å². The third kappa shape index (κ3) is 3.52. The smallest absolute Gasteiger partial charge is 0.163 e. The van der Waals surface area contributed by atoms with Gasteiger partial charge in [0.2, 0.25) is 0 Å². The molecule has 1 aromatic carbocycles. The molecule has 4 rings (SSSR count). The Morgan fingerprint density at radius 1 is 1.00 bits per heavy atom. The quantitative estimate of drug-likeness (QED) is 0.725. The second-order valence-electron chi connectivity index (χ2n) is 7.63. The summed E-state index contributed by atoms with van der Waals surface area (Å²) in [5.74, 6) is 1.65. The van der Waals surface area contributed by atoms with E-state index in [0.717, 1.165) is 49.4 Å². The summed E-state index contributed by atoms with van der Waals surface area (Å²) in [4.78, 5) is 7.40. The van der Waals surface area contributed by atoms with Gasteiger partial charge >= 0.3 is 0 Å². The number of hydrogen-bond acceptors (Lipinski definition) is 4. The van der Waals surface area contributed by atoms with Crippen LogP contribution >= 0.6 is 0 Å². The van der Waals surface area contributed by atoms with Crippen molar-refractivity contribution in [1.82, 2.24) is 9.88 Å². The summed E-state index contributed by atoms with van der Waals surface area (Å²) in [7, 11) is 1.73. The molecule has 1 saturated heterocycles. The van der Waals surface area contributed by atoms with Gasteiger partial charge in [0, 0.05) is 23.7 Å². The van der Waals surface area contributed by atoms with Crippen molar-refractivity contribution in [2.45, 2.75) is 51.9 Å². The van der Waals surface area contributed by atoms with Gasteiger partial charge in [-0.2, -0.15) is 0 Å². The van der Waals surface area contributed by atoms with Crippen LogP contribution in [0.15, 0.2) is 12.1 Å². The Morgan fingerprint density at radius 3 is 2.62 bits per heavy atom. The van der Waals surface area contributed by atoms with Gasteiger partial charge in [0.15, 0.2) is 11.5 Å². The van der Waals surface area contributed by atoms with E-state index in [9.17, 15) is 0 Å². The summed E-state index contributed by atoms with van der Waals surface area (Å²) in [5, 5.41) is 1.24. The summed E-state index contributed by atoms with van der Waals surface area (Å²) in [6.45, 7) is 6.47. The zero-order valence-corrected chi connectivity index (χ0v) is 16.1. The molecule has 0 bridgehead atoms. The molecule has 0 N–H and O–H groups in total. The zero-order chi connectivity index (χ0) is 17.9. The van der Waals surface area contributed by atoms with Crippen LogP contribution in [0.3, 0.4) is 0 Å². The molecular weight excluding hydrogens is 324 g/mol. The number of hydrogen-bond donors (Lipinski definition) is 0. The van der Waals surface area contributed by atoms with Gasteiger partial charge in [-0.1, -0.05) is 6.42 Å². The second-order valence-corrected chi connectivity index (χ2v) is 7.63. The molecule has 1 fully saturated rings. The minimum absolute atomic E-state index is 0.724. The second kappa shape index (κ2) is 7.83. The number of nitrogens with zero attached hydrogens (tertiary/aromatic N) is 2. The Hall–Kier alpha value is -1.81. The number of benzene rings is 1. The van der Waals surface area contributed by atoms with Crippen molar-refractivity contribution in [2.75, 3.05) is 33.4 Å². The van der Waals surface area contributed by atoms with E-state index in [1.54, 1.807) is 7.11 Å². The Labute approximate surface area is 156 Å². The number of piperidine rings is 1. The molecule has 4 heteroatoms. The lowest BCUT2D eigenvalue weighted by Gasteiger charge is -2.26. The largest absolute Gasteiger partial charge is 0.493 e. The molecule has 2 heterocycles. The molecule has 2 aliphatic rings. The van der Waals surface area contributed by atoms with Crippen LogP contribution < -0.4 is 9.47 Å². The Bertz CT molecular complexity index is 782. The van der Waals surface area contributed by atoms with Gasteiger partial charge in [0.1, 0.15) is 0 Å². The van der Waals surface area contributed by atoms with Crippen LogP contribution in [-0.2, 0) is 12.8 Å². The summed E-state index contributed by atoms with van der Waals surface area (Å²) >= 11 is 0. The lowest BCUT2D eigenvalue weighted by atomic mass is 10.0. The molecule has 2 aromatic rings. The number of methoxy groups -OCH3 is 1. The molecular formula is C22H30N2O2. The van der Waals surface area contributed by atoms with Gasteiger partial charge in [-0.05, 0) is 75.7 Å². The molecule has 0 unspecified atom stereocenters. The van der Waals surface area contributed by atoms with Crippen LogP contribution in [0.25, 0.3) is 10.9 Å². The van der Waals surface area contributed by atoms with E-state index in [1.807, 2.05) is 0 Å². The Balaban J connectivity index is 1.48. The average Bonchev–Trinajstić information content (AvgIpc) is 3.16. The fourth-order valence-corrected chi connectivity index (χ4v) is 4.50. The van der Waals surface area contributed by atoms with Gasteiger partial charge in [0.25, 0.3) is 0 Å². The summed E-state index contributed by atoms with van der Waals surface area (Å²) in [6.07, 6.45) is 8.65. The molecule has 1 aliphatic heterocycles. The monoisotopic (exact) mass is 354 g/mol. The SMILES string of the molecule is COc1cc2c3c(c(C)nc2cc1OCCCN1CCCCC1)CCC3. The van der Waals surface area contributed by atoms with Crippen LogP contribution in [0.4, 0.5) is 0 Å².